The summed E-state index contributed by atoms with van der Waals surface area (Å²) in [4.78, 5) is 31.2. The van der Waals surface area contributed by atoms with Crippen LogP contribution in [-0.2, 0) is 24.6 Å². The minimum Gasteiger partial charge on any atom is -0.370 e. The highest BCUT2D eigenvalue weighted by Gasteiger charge is 2.32. The number of alkyl halides is 3. The summed E-state index contributed by atoms with van der Waals surface area (Å²) in [5.74, 6) is -0.488. The van der Waals surface area contributed by atoms with Crippen LogP contribution in [0.2, 0.25) is 0 Å². The lowest BCUT2D eigenvalue weighted by Gasteiger charge is -2.23. The molecule has 0 bridgehead atoms. The van der Waals surface area contributed by atoms with Gasteiger partial charge in [0.1, 0.15) is 5.39 Å². The molecule has 1 saturated heterocycles. The quantitative estimate of drug-likeness (QED) is 0.668. The summed E-state index contributed by atoms with van der Waals surface area (Å²) < 4.78 is 42.3. The predicted molar refractivity (Wildman–Crippen MR) is 109 cm³/mol. The first-order chi connectivity index (χ1) is 14.7. The van der Waals surface area contributed by atoms with Crippen molar-refractivity contribution in [3.63, 3.8) is 0 Å². The second-order valence-corrected chi connectivity index (χ2v) is 7.47. The van der Waals surface area contributed by atoms with E-state index >= 15 is 0 Å². The molecule has 0 unspecified atom stereocenters. The zero-order valence-electron chi connectivity index (χ0n) is 16.8. The van der Waals surface area contributed by atoms with Crippen molar-refractivity contribution in [3.8, 4) is 0 Å². The van der Waals surface area contributed by atoms with E-state index in [2.05, 4.69) is 15.4 Å². The fourth-order valence-electron chi connectivity index (χ4n) is 3.71. The molecule has 31 heavy (non-hydrogen) atoms. The Kier molecular flexibility index (Phi) is 5.42. The highest BCUT2D eigenvalue weighted by Crippen LogP contribution is 2.36. The lowest BCUT2D eigenvalue weighted by Crippen LogP contribution is -2.25. The SMILES string of the molecule is Cn1ncc2c(=O)n(CCC(=O)Nc3cc(C(F)(F)F)ccc3N3CCCC3)cnc21. The van der Waals surface area contributed by atoms with Gasteiger partial charge in [0, 0.05) is 33.1 Å². The maximum atomic E-state index is 13.2. The van der Waals surface area contributed by atoms with E-state index in [4.69, 9.17) is 0 Å². The summed E-state index contributed by atoms with van der Waals surface area (Å²) in [6.45, 7) is 1.49. The van der Waals surface area contributed by atoms with Gasteiger partial charge in [0.25, 0.3) is 5.56 Å². The van der Waals surface area contributed by atoms with Crippen molar-refractivity contribution < 1.29 is 18.0 Å². The highest BCUT2D eigenvalue weighted by molar-refractivity contribution is 5.94. The number of aromatic nitrogens is 4. The summed E-state index contributed by atoms with van der Waals surface area (Å²) in [5, 5.41) is 6.92. The Morgan fingerprint density at radius 1 is 1.23 bits per heavy atom. The monoisotopic (exact) mass is 434 g/mol. The van der Waals surface area contributed by atoms with Crippen LogP contribution in [0.15, 0.2) is 35.5 Å². The van der Waals surface area contributed by atoms with Gasteiger partial charge in [-0.3, -0.25) is 18.8 Å². The average molecular weight is 434 g/mol. The van der Waals surface area contributed by atoms with Crippen LogP contribution in [0.25, 0.3) is 11.0 Å². The van der Waals surface area contributed by atoms with Gasteiger partial charge in [0.15, 0.2) is 5.65 Å². The number of nitrogens with one attached hydrogen (secondary N) is 1. The van der Waals surface area contributed by atoms with E-state index in [0.29, 0.717) is 16.7 Å². The van der Waals surface area contributed by atoms with Crippen molar-refractivity contribution in [2.75, 3.05) is 23.3 Å². The Hall–Kier alpha value is -3.37. The van der Waals surface area contributed by atoms with Crippen LogP contribution in [0.4, 0.5) is 24.5 Å². The molecule has 11 heteroatoms. The van der Waals surface area contributed by atoms with Gasteiger partial charge in [-0.05, 0) is 31.0 Å². The zero-order valence-corrected chi connectivity index (χ0v) is 16.8. The molecule has 3 heterocycles. The van der Waals surface area contributed by atoms with E-state index < -0.39 is 17.6 Å². The number of rotatable bonds is 5. The molecule has 3 aromatic rings. The number of benzene rings is 1. The van der Waals surface area contributed by atoms with E-state index in [1.807, 2.05) is 4.90 Å². The summed E-state index contributed by atoms with van der Waals surface area (Å²) in [5.41, 5.74) is -0.0368. The summed E-state index contributed by atoms with van der Waals surface area (Å²) in [7, 11) is 1.67. The van der Waals surface area contributed by atoms with Crippen LogP contribution in [0.1, 0.15) is 24.8 Å². The molecule has 1 aromatic carbocycles. The number of amides is 1. The highest BCUT2D eigenvalue weighted by atomic mass is 19.4. The number of carbonyl (C=O) groups is 1. The first-order valence-electron chi connectivity index (χ1n) is 9.87. The Labute approximate surface area is 175 Å². The van der Waals surface area contributed by atoms with E-state index in [9.17, 15) is 22.8 Å². The van der Waals surface area contributed by atoms with Gasteiger partial charge < -0.3 is 10.2 Å². The Morgan fingerprint density at radius 2 is 1.97 bits per heavy atom. The van der Waals surface area contributed by atoms with Crippen molar-refractivity contribution in [1.82, 2.24) is 19.3 Å². The van der Waals surface area contributed by atoms with Gasteiger partial charge in [0.05, 0.1) is 29.5 Å². The Bertz CT molecular complexity index is 1180. The topological polar surface area (TPSA) is 85.0 Å². The van der Waals surface area contributed by atoms with Crippen LogP contribution >= 0.6 is 0 Å². The van der Waals surface area contributed by atoms with E-state index in [0.717, 1.165) is 38.1 Å². The van der Waals surface area contributed by atoms with Crippen LogP contribution < -0.4 is 15.8 Å². The minimum atomic E-state index is -4.51. The van der Waals surface area contributed by atoms with E-state index in [1.165, 1.54) is 27.8 Å². The molecule has 8 nitrogen and oxygen atoms in total. The normalized spacial score (nSPS) is 14.4. The van der Waals surface area contributed by atoms with Gasteiger partial charge in [0.2, 0.25) is 5.91 Å². The van der Waals surface area contributed by atoms with Gasteiger partial charge in [-0.1, -0.05) is 0 Å². The van der Waals surface area contributed by atoms with Crippen molar-refractivity contribution in [2.45, 2.75) is 32.0 Å². The molecule has 2 aromatic heterocycles. The number of fused-ring (bicyclic) bond motifs is 1. The third-order valence-corrected chi connectivity index (χ3v) is 5.34. The molecule has 0 radical (unpaired) electrons. The van der Waals surface area contributed by atoms with Crippen LogP contribution in [0, 0.1) is 0 Å². The second kappa shape index (κ2) is 8.05. The average Bonchev–Trinajstić information content (AvgIpc) is 3.37. The second-order valence-electron chi connectivity index (χ2n) is 7.47. The standard InChI is InChI=1S/C20H21F3N6O2/c1-27-18-14(11-25-27)19(31)29(12-24-18)9-6-17(30)26-15-10-13(20(21,22)23)4-5-16(15)28-7-2-3-8-28/h4-5,10-12H,2-3,6-9H2,1H3,(H,26,30). The lowest BCUT2D eigenvalue weighted by atomic mass is 10.1. The molecular weight excluding hydrogens is 413 g/mol. The fourth-order valence-corrected chi connectivity index (χ4v) is 3.71. The Morgan fingerprint density at radius 3 is 2.68 bits per heavy atom. The van der Waals surface area contributed by atoms with Crippen molar-refractivity contribution >= 4 is 28.3 Å². The van der Waals surface area contributed by atoms with Crippen molar-refractivity contribution in [1.29, 1.82) is 0 Å². The lowest BCUT2D eigenvalue weighted by molar-refractivity contribution is -0.137. The maximum absolute atomic E-state index is 13.2. The minimum absolute atomic E-state index is 0.0422. The number of anilines is 2. The van der Waals surface area contributed by atoms with Crippen LogP contribution in [0.3, 0.4) is 0 Å². The first-order valence-corrected chi connectivity index (χ1v) is 9.87. The number of aryl methyl sites for hydroxylation is 2. The molecule has 0 atom stereocenters. The molecule has 1 fully saturated rings. The van der Waals surface area contributed by atoms with Crippen molar-refractivity contribution in [2.24, 2.45) is 7.05 Å². The number of hydrogen-bond acceptors (Lipinski definition) is 5. The number of carbonyl (C=O) groups excluding carboxylic acids is 1. The molecule has 0 aliphatic carbocycles. The third-order valence-electron chi connectivity index (χ3n) is 5.34. The fraction of sp³-hybridized carbons (Fsp3) is 0.400. The molecule has 164 valence electrons. The summed E-state index contributed by atoms with van der Waals surface area (Å²) in [6, 6.07) is 3.38. The Balaban J connectivity index is 1.52. The summed E-state index contributed by atoms with van der Waals surface area (Å²) >= 11 is 0. The van der Waals surface area contributed by atoms with Gasteiger partial charge >= 0.3 is 6.18 Å². The molecule has 0 saturated carbocycles. The molecule has 4 rings (SSSR count). The van der Waals surface area contributed by atoms with Crippen LogP contribution in [-0.4, -0.2) is 38.3 Å². The largest absolute Gasteiger partial charge is 0.416 e. The molecule has 1 aliphatic rings. The number of halogens is 3. The van der Waals surface area contributed by atoms with E-state index in [1.54, 1.807) is 7.05 Å². The first kappa shape index (κ1) is 20.9. The molecule has 0 spiro atoms. The summed E-state index contributed by atoms with van der Waals surface area (Å²) in [6.07, 6.45) is 0.0260. The molecule has 1 N–H and O–H groups in total. The molecular formula is C20H21F3N6O2. The van der Waals surface area contributed by atoms with Gasteiger partial charge in [-0.15, -0.1) is 0 Å². The smallest absolute Gasteiger partial charge is 0.370 e. The maximum Gasteiger partial charge on any atom is 0.416 e. The number of hydrogen-bond donors (Lipinski definition) is 1. The van der Waals surface area contributed by atoms with Crippen LogP contribution in [0.5, 0.6) is 0 Å². The van der Waals surface area contributed by atoms with Gasteiger partial charge in [-0.2, -0.15) is 18.3 Å². The zero-order chi connectivity index (χ0) is 22.2. The van der Waals surface area contributed by atoms with E-state index in [-0.39, 0.29) is 24.2 Å². The third kappa shape index (κ3) is 4.25. The molecule has 1 aliphatic heterocycles. The van der Waals surface area contributed by atoms with Crippen molar-refractivity contribution in [3.05, 3.63) is 46.6 Å². The predicted octanol–water partition coefficient (Wildman–Crippen LogP) is 2.78. The molecule has 1 amide bonds. The van der Waals surface area contributed by atoms with Gasteiger partial charge in [-0.25, -0.2) is 4.98 Å². The number of nitrogens with zero attached hydrogens (tertiary/aromatic N) is 5.